The van der Waals surface area contributed by atoms with Gasteiger partial charge in [0.1, 0.15) is 0 Å². The Hall–Kier alpha value is -1.62. The fourth-order valence-electron chi connectivity index (χ4n) is 1.69. The van der Waals surface area contributed by atoms with E-state index in [4.69, 9.17) is 5.26 Å². The van der Waals surface area contributed by atoms with Gasteiger partial charge >= 0.3 is 0 Å². The Kier molecular flexibility index (Phi) is 2.09. The van der Waals surface area contributed by atoms with E-state index in [1.807, 2.05) is 25.1 Å². The van der Waals surface area contributed by atoms with E-state index in [9.17, 15) is 0 Å². The predicted octanol–water partition coefficient (Wildman–Crippen LogP) is 2.84. The molecule has 0 bridgehead atoms. The number of nitrogens with zero attached hydrogens (tertiary/aromatic N) is 2. The quantitative estimate of drug-likeness (QED) is 0.610. The molecule has 0 saturated carbocycles. The third-order valence-corrected chi connectivity index (χ3v) is 2.75. The molecule has 0 aromatic heterocycles. The second kappa shape index (κ2) is 3.26. The average Bonchev–Trinajstić information content (AvgIpc) is 2.19. The van der Waals surface area contributed by atoms with Gasteiger partial charge in [0.15, 0.2) is 0 Å². The third-order valence-electron chi connectivity index (χ3n) is 2.75. The van der Waals surface area contributed by atoms with E-state index < -0.39 is 0 Å². The van der Waals surface area contributed by atoms with Gasteiger partial charge in [0.25, 0.3) is 0 Å². The van der Waals surface area contributed by atoms with E-state index in [0.717, 1.165) is 17.8 Å². The minimum atomic E-state index is 0.524. The lowest BCUT2D eigenvalue weighted by Crippen LogP contribution is -2.14. The molecular weight excluding hydrogens is 172 g/mol. The molecule has 14 heavy (non-hydrogen) atoms. The topological polar surface area (TPSA) is 36.1 Å². The average molecular weight is 184 g/mol. The van der Waals surface area contributed by atoms with Crippen molar-refractivity contribution < 1.29 is 0 Å². The van der Waals surface area contributed by atoms with Crippen LogP contribution in [0.3, 0.4) is 0 Å². The first-order chi connectivity index (χ1) is 6.70. The lowest BCUT2D eigenvalue weighted by Gasteiger charge is -2.19. The summed E-state index contributed by atoms with van der Waals surface area (Å²) in [5, 5.41) is 8.76. The van der Waals surface area contributed by atoms with Crippen LogP contribution in [0.15, 0.2) is 23.2 Å². The van der Waals surface area contributed by atoms with Crippen LogP contribution in [0.1, 0.15) is 25.0 Å². The number of hydrogen-bond acceptors (Lipinski definition) is 2. The molecule has 0 saturated heterocycles. The maximum Gasteiger partial charge on any atom is 0.0992 e. The summed E-state index contributed by atoms with van der Waals surface area (Å²) >= 11 is 0. The Morgan fingerprint density at radius 2 is 2.29 bits per heavy atom. The molecule has 1 atom stereocenters. The van der Waals surface area contributed by atoms with E-state index in [2.05, 4.69) is 18.0 Å². The first kappa shape index (κ1) is 8.96. The van der Waals surface area contributed by atoms with Crippen LogP contribution < -0.4 is 0 Å². The van der Waals surface area contributed by atoms with E-state index in [-0.39, 0.29) is 0 Å². The molecule has 70 valence electrons. The monoisotopic (exact) mass is 184 g/mol. The van der Waals surface area contributed by atoms with Crippen LogP contribution in [0, 0.1) is 17.2 Å². The molecule has 2 nitrogen and oxygen atoms in total. The van der Waals surface area contributed by atoms with Crippen molar-refractivity contribution in [3.8, 4) is 6.07 Å². The van der Waals surface area contributed by atoms with Crippen molar-refractivity contribution in [2.45, 2.75) is 20.3 Å². The first-order valence-corrected chi connectivity index (χ1v) is 4.79. The molecule has 0 radical (unpaired) electrons. The fraction of sp³-hybridized carbons (Fsp3) is 0.333. The van der Waals surface area contributed by atoms with Crippen molar-refractivity contribution in [2.24, 2.45) is 10.9 Å². The van der Waals surface area contributed by atoms with E-state index in [0.29, 0.717) is 11.5 Å². The van der Waals surface area contributed by atoms with E-state index >= 15 is 0 Å². The van der Waals surface area contributed by atoms with Gasteiger partial charge in [-0.25, -0.2) is 0 Å². The molecule has 0 amide bonds. The van der Waals surface area contributed by atoms with Crippen molar-refractivity contribution in [3.05, 3.63) is 29.3 Å². The zero-order valence-corrected chi connectivity index (χ0v) is 8.41. The third kappa shape index (κ3) is 1.42. The van der Waals surface area contributed by atoms with E-state index in [1.54, 1.807) is 0 Å². The highest BCUT2D eigenvalue weighted by molar-refractivity contribution is 5.89. The Bertz CT molecular complexity index is 438. The molecule has 1 aliphatic heterocycles. The maximum atomic E-state index is 8.76. The minimum Gasteiger partial charge on any atom is -0.258 e. The van der Waals surface area contributed by atoms with Crippen molar-refractivity contribution >= 4 is 11.4 Å². The van der Waals surface area contributed by atoms with Crippen LogP contribution in [-0.4, -0.2) is 5.71 Å². The van der Waals surface area contributed by atoms with Crippen molar-refractivity contribution in [3.63, 3.8) is 0 Å². The minimum absolute atomic E-state index is 0.524. The number of benzene rings is 1. The number of hydrogen-bond donors (Lipinski definition) is 0. The predicted molar refractivity (Wildman–Crippen MR) is 56.8 cm³/mol. The highest BCUT2D eigenvalue weighted by Crippen LogP contribution is 2.29. The summed E-state index contributed by atoms with van der Waals surface area (Å²) in [5.74, 6) is 0.524. The maximum absolute atomic E-state index is 8.76. The summed E-state index contributed by atoms with van der Waals surface area (Å²) in [6.45, 7) is 4.23. The van der Waals surface area contributed by atoms with Gasteiger partial charge < -0.3 is 0 Å². The second-order valence-corrected chi connectivity index (χ2v) is 3.81. The Morgan fingerprint density at radius 3 is 3.00 bits per heavy atom. The fourth-order valence-corrected chi connectivity index (χ4v) is 1.69. The Morgan fingerprint density at radius 1 is 1.50 bits per heavy atom. The normalized spacial score (nSPS) is 19.5. The number of aliphatic imine (C=N–C) groups is 1. The molecule has 2 rings (SSSR count). The number of fused-ring (bicyclic) bond motifs is 1. The van der Waals surface area contributed by atoms with Crippen molar-refractivity contribution in [2.75, 3.05) is 0 Å². The van der Waals surface area contributed by atoms with Crippen molar-refractivity contribution in [1.82, 2.24) is 0 Å². The summed E-state index contributed by atoms with van der Waals surface area (Å²) in [6.07, 6.45) is 1.04. The second-order valence-electron chi connectivity index (χ2n) is 3.81. The van der Waals surface area contributed by atoms with Gasteiger partial charge in [-0.05, 0) is 37.0 Å². The molecule has 0 aliphatic carbocycles. The summed E-state index contributed by atoms with van der Waals surface area (Å²) in [6, 6.07) is 7.88. The van der Waals surface area contributed by atoms with Crippen LogP contribution in [0.5, 0.6) is 0 Å². The van der Waals surface area contributed by atoms with Crippen LogP contribution in [0.25, 0.3) is 0 Å². The van der Waals surface area contributed by atoms with Crippen molar-refractivity contribution in [1.29, 1.82) is 5.26 Å². The lowest BCUT2D eigenvalue weighted by atomic mass is 9.92. The Balaban J connectivity index is 2.51. The van der Waals surface area contributed by atoms with Crippen LogP contribution in [0.2, 0.25) is 0 Å². The molecule has 2 heteroatoms. The summed E-state index contributed by atoms with van der Waals surface area (Å²) in [4.78, 5) is 4.50. The van der Waals surface area contributed by atoms with Gasteiger partial charge in [0.2, 0.25) is 0 Å². The van der Waals surface area contributed by atoms with Crippen LogP contribution in [-0.2, 0) is 6.42 Å². The van der Waals surface area contributed by atoms with Gasteiger partial charge in [-0.3, -0.25) is 4.99 Å². The molecule has 0 spiro atoms. The molecule has 1 unspecified atom stereocenters. The SMILES string of the molecule is CC1=Nc2cc(C#N)ccc2CC1C. The van der Waals surface area contributed by atoms with Crippen LogP contribution >= 0.6 is 0 Å². The van der Waals surface area contributed by atoms with Crippen LogP contribution in [0.4, 0.5) is 5.69 Å². The van der Waals surface area contributed by atoms with E-state index in [1.165, 1.54) is 5.56 Å². The summed E-state index contributed by atoms with van der Waals surface area (Å²) in [7, 11) is 0. The van der Waals surface area contributed by atoms with Gasteiger partial charge in [-0.15, -0.1) is 0 Å². The molecule has 1 aromatic carbocycles. The zero-order valence-electron chi connectivity index (χ0n) is 8.41. The Labute approximate surface area is 83.9 Å². The summed E-state index contributed by atoms with van der Waals surface area (Å²) < 4.78 is 0. The molecule has 0 fully saturated rings. The number of nitriles is 1. The molecule has 1 aromatic rings. The highest BCUT2D eigenvalue weighted by Gasteiger charge is 2.16. The smallest absolute Gasteiger partial charge is 0.0992 e. The zero-order chi connectivity index (χ0) is 10.1. The standard InChI is InChI=1S/C12H12N2/c1-8-5-11-4-3-10(7-13)6-12(11)14-9(8)2/h3-4,6,8H,5H2,1-2H3. The molecule has 0 N–H and O–H groups in total. The highest BCUT2D eigenvalue weighted by atomic mass is 14.8. The summed E-state index contributed by atoms with van der Waals surface area (Å²) in [5.41, 5.74) is 4.07. The van der Waals surface area contributed by atoms with Gasteiger partial charge in [-0.2, -0.15) is 5.26 Å². The van der Waals surface area contributed by atoms with Gasteiger partial charge in [-0.1, -0.05) is 13.0 Å². The lowest BCUT2D eigenvalue weighted by molar-refractivity contribution is 0.750. The molecular formula is C12H12N2. The largest absolute Gasteiger partial charge is 0.258 e. The first-order valence-electron chi connectivity index (χ1n) is 4.79. The van der Waals surface area contributed by atoms with Gasteiger partial charge in [0.05, 0.1) is 17.3 Å². The van der Waals surface area contributed by atoms with Gasteiger partial charge in [0, 0.05) is 5.71 Å². The molecule has 1 aliphatic rings. The molecule has 1 heterocycles. The number of rotatable bonds is 0.